The number of hydrogen-bond acceptors (Lipinski definition) is 7. The number of carbonyl (C=O) groups excluding carboxylic acids is 1. The summed E-state index contributed by atoms with van der Waals surface area (Å²) in [4.78, 5) is 12.5. The Hall–Kier alpha value is -2.58. The number of aromatic nitrogens is 2. The van der Waals surface area contributed by atoms with Crippen molar-refractivity contribution in [1.29, 1.82) is 0 Å². The quantitative estimate of drug-likeness (QED) is 0.467. The second kappa shape index (κ2) is 8.88. The van der Waals surface area contributed by atoms with E-state index in [2.05, 4.69) is 46.7 Å². The maximum absolute atomic E-state index is 12.5. The molecule has 0 fully saturated rings. The lowest BCUT2D eigenvalue weighted by Gasteiger charge is -2.09. The largest absolute Gasteiger partial charge is 0.497 e. The molecule has 1 amide bonds. The van der Waals surface area contributed by atoms with Crippen molar-refractivity contribution in [2.75, 3.05) is 19.5 Å². The third kappa shape index (κ3) is 4.99. The van der Waals surface area contributed by atoms with Gasteiger partial charge < -0.3 is 9.47 Å². The molecule has 0 atom stereocenters. The molecule has 2 aromatic carbocycles. The highest BCUT2D eigenvalue weighted by molar-refractivity contribution is 8.00. The standard InChI is InChI=1S/C19H19N3O3S2/c1-12-4-6-13(7-5-12)11-26-19-22-21-18(27-19)20-17(23)15-9-8-14(24-2)10-16(15)25-3/h4-10H,11H2,1-3H3,(H,20,21,23). The smallest absolute Gasteiger partial charge is 0.261 e. The van der Waals surface area contributed by atoms with Crippen LogP contribution in [0.1, 0.15) is 21.5 Å². The molecule has 1 N–H and O–H groups in total. The number of ether oxygens (including phenoxy) is 2. The van der Waals surface area contributed by atoms with Gasteiger partial charge in [0.1, 0.15) is 11.5 Å². The third-order valence-electron chi connectivity index (χ3n) is 3.76. The van der Waals surface area contributed by atoms with E-state index in [1.165, 1.54) is 29.6 Å². The van der Waals surface area contributed by atoms with E-state index in [0.717, 1.165) is 10.1 Å². The van der Waals surface area contributed by atoms with Crippen molar-refractivity contribution in [3.8, 4) is 11.5 Å². The fourth-order valence-electron chi connectivity index (χ4n) is 2.30. The molecule has 8 heteroatoms. The highest BCUT2D eigenvalue weighted by atomic mass is 32.2. The minimum absolute atomic E-state index is 0.305. The number of hydrogen-bond donors (Lipinski definition) is 1. The van der Waals surface area contributed by atoms with Gasteiger partial charge in [-0.15, -0.1) is 10.2 Å². The summed E-state index contributed by atoms with van der Waals surface area (Å²) in [5.41, 5.74) is 2.86. The molecule has 0 aliphatic carbocycles. The van der Waals surface area contributed by atoms with E-state index in [1.807, 2.05) is 0 Å². The average molecular weight is 402 g/mol. The summed E-state index contributed by atoms with van der Waals surface area (Å²) in [5, 5.41) is 11.4. The lowest BCUT2D eigenvalue weighted by Crippen LogP contribution is -2.13. The number of amides is 1. The van der Waals surface area contributed by atoms with Gasteiger partial charge in [-0.05, 0) is 24.6 Å². The summed E-state index contributed by atoms with van der Waals surface area (Å²) < 4.78 is 11.2. The summed E-state index contributed by atoms with van der Waals surface area (Å²) in [6.45, 7) is 2.06. The lowest BCUT2D eigenvalue weighted by atomic mass is 10.2. The monoisotopic (exact) mass is 401 g/mol. The van der Waals surface area contributed by atoms with Crippen LogP contribution in [0, 0.1) is 6.92 Å². The first-order valence-corrected chi connectivity index (χ1v) is 9.94. The molecule has 27 heavy (non-hydrogen) atoms. The Morgan fingerprint density at radius 1 is 1.11 bits per heavy atom. The van der Waals surface area contributed by atoms with Crippen LogP contribution in [0.2, 0.25) is 0 Å². The fraction of sp³-hybridized carbons (Fsp3) is 0.211. The summed E-state index contributed by atoms with van der Waals surface area (Å²) in [7, 11) is 3.07. The summed E-state index contributed by atoms with van der Waals surface area (Å²) in [6.07, 6.45) is 0. The molecule has 140 valence electrons. The van der Waals surface area contributed by atoms with E-state index in [-0.39, 0.29) is 5.91 Å². The van der Waals surface area contributed by atoms with Crippen LogP contribution in [-0.4, -0.2) is 30.3 Å². The number of benzene rings is 2. The molecule has 0 spiro atoms. The van der Waals surface area contributed by atoms with Gasteiger partial charge in [-0.2, -0.15) is 0 Å². The minimum Gasteiger partial charge on any atom is -0.497 e. The molecule has 0 saturated heterocycles. The summed E-state index contributed by atoms with van der Waals surface area (Å²) in [5.74, 6) is 1.55. The Bertz CT molecular complexity index is 926. The SMILES string of the molecule is COc1ccc(C(=O)Nc2nnc(SCc3ccc(C)cc3)s2)c(OC)c1. The maximum Gasteiger partial charge on any atom is 0.261 e. The first kappa shape index (κ1) is 19.2. The molecule has 0 saturated carbocycles. The number of rotatable bonds is 7. The number of nitrogens with one attached hydrogen (secondary N) is 1. The van der Waals surface area contributed by atoms with Gasteiger partial charge in [0.05, 0.1) is 19.8 Å². The Labute approximate surface area is 165 Å². The van der Waals surface area contributed by atoms with Gasteiger partial charge in [-0.1, -0.05) is 52.9 Å². The third-order valence-corrected chi connectivity index (χ3v) is 5.81. The molecule has 0 bridgehead atoms. The van der Waals surface area contributed by atoms with Crippen LogP contribution in [0.3, 0.4) is 0 Å². The van der Waals surface area contributed by atoms with Gasteiger partial charge in [-0.25, -0.2) is 0 Å². The van der Waals surface area contributed by atoms with Gasteiger partial charge in [-0.3, -0.25) is 10.1 Å². The van der Waals surface area contributed by atoms with E-state index in [0.29, 0.717) is 22.2 Å². The molecular weight excluding hydrogens is 382 g/mol. The fourth-order valence-corrected chi connectivity index (χ4v) is 4.00. The zero-order chi connectivity index (χ0) is 19.2. The molecule has 1 heterocycles. The normalized spacial score (nSPS) is 10.5. The molecule has 0 radical (unpaired) electrons. The number of methoxy groups -OCH3 is 2. The van der Waals surface area contributed by atoms with Crippen LogP contribution in [0.4, 0.5) is 5.13 Å². The Kier molecular flexibility index (Phi) is 6.31. The van der Waals surface area contributed by atoms with Crippen LogP contribution in [0.15, 0.2) is 46.8 Å². The van der Waals surface area contributed by atoms with E-state index >= 15 is 0 Å². The van der Waals surface area contributed by atoms with Crippen LogP contribution >= 0.6 is 23.1 Å². The van der Waals surface area contributed by atoms with E-state index < -0.39 is 0 Å². The van der Waals surface area contributed by atoms with Crippen molar-refractivity contribution in [3.63, 3.8) is 0 Å². The zero-order valence-electron chi connectivity index (χ0n) is 15.2. The molecule has 3 aromatic rings. The average Bonchev–Trinajstić information content (AvgIpc) is 3.14. The number of thioether (sulfide) groups is 1. The lowest BCUT2D eigenvalue weighted by molar-refractivity contribution is 0.102. The highest BCUT2D eigenvalue weighted by Gasteiger charge is 2.16. The minimum atomic E-state index is -0.305. The van der Waals surface area contributed by atoms with Crippen LogP contribution in [0.25, 0.3) is 0 Å². The number of anilines is 1. The number of nitrogens with zero attached hydrogens (tertiary/aromatic N) is 2. The van der Waals surface area contributed by atoms with Gasteiger partial charge >= 0.3 is 0 Å². The van der Waals surface area contributed by atoms with Crippen molar-refractivity contribution in [2.24, 2.45) is 0 Å². The Balaban J connectivity index is 1.63. The van der Waals surface area contributed by atoms with Gasteiger partial charge in [0, 0.05) is 11.8 Å². The van der Waals surface area contributed by atoms with Crippen molar-refractivity contribution in [1.82, 2.24) is 10.2 Å². The van der Waals surface area contributed by atoms with Gasteiger partial charge in [0.25, 0.3) is 5.91 Å². The molecular formula is C19H19N3O3S2. The van der Waals surface area contributed by atoms with Crippen LogP contribution in [-0.2, 0) is 5.75 Å². The van der Waals surface area contributed by atoms with E-state index in [9.17, 15) is 4.79 Å². The molecule has 6 nitrogen and oxygen atoms in total. The number of carbonyl (C=O) groups is 1. The topological polar surface area (TPSA) is 73.3 Å². The van der Waals surface area contributed by atoms with Crippen molar-refractivity contribution < 1.29 is 14.3 Å². The van der Waals surface area contributed by atoms with Crippen LogP contribution in [0.5, 0.6) is 11.5 Å². The van der Waals surface area contributed by atoms with Gasteiger partial charge in [0.15, 0.2) is 4.34 Å². The zero-order valence-corrected chi connectivity index (χ0v) is 16.8. The van der Waals surface area contributed by atoms with Crippen molar-refractivity contribution in [3.05, 3.63) is 59.2 Å². The van der Waals surface area contributed by atoms with Gasteiger partial charge in [0.2, 0.25) is 5.13 Å². The first-order valence-electron chi connectivity index (χ1n) is 8.14. The highest BCUT2D eigenvalue weighted by Crippen LogP contribution is 2.30. The predicted molar refractivity (Wildman–Crippen MR) is 108 cm³/mol. The first-order chi connectivity index (χ1) is 13.1. The molecule has 3 rings (SSSR count). The van der Waals surface area contributed by atoms with Crippen molar-refractivity contribution >= 4 is 34.1 Å². The second-order valence-corrected chi connectivity index (χ2v) is 7.87. The summed E-state index contributed by atoms with van der Waals surface area (Å²) >= 11 is 2.93. The maximum atomic E-state index is 12.5. The predicted octanol–water partition coefficient (Wildman–Crippen LogP) is 4.41. The van der Waals surface area contributed by atoms with Crippen molar-refractivity contribution in [2.45, 2.75) is 17.0 Å². The molecule has 0 aliphatic heterocycles. The van der Waals surface area contributed by atoms with Crippen LogP contribution < -0.4 is 14.8 Å². The molecule has 0 aliphatic rings. The van der Waals surface area contributed by atoms with E-state index in [4.69, 9.17) is 9.47 Å². The molecule has 0 unspecified atom stereocenters. The number of aryl methyl sites for hydroxylation is 1. The summed E-state index contributed by atoms with van der Waals surface area (Å²) in [6, 6.07) is 13.4. The Morgan fingerprint density at radius 3 is 2.59 bits per heavy atom. The molecule has 1 aromatic heterocycles. The van der Waals surface area contributed by atoms with E-state index in [1.54, 1.807) is 37.1 Å². The Morgan fingerprint density at radius 2 is 1.89 bits per heavy atom. The second-order valence-electron chi connectivity index (χ2n) is 5.67.